The van der Waals surface area contributed by atoms with Gasteiger partial charge in [-0.3, -0.25) is 13.9 Å². The fourth-order valence-electron chi connectivity index (χ4n) is 3.25. The first-order chi connectivity index (χ1) is 15.4. The van der Waals surface area contributed by atoms with Gasteiger partial charge in [0.25, 0.3) is 0 Å². The minimum Gasteiger partial charge on any atom is -0.354 e. The van der Waals surface area contributed by atoms with Crippen molar-refractivity contribution in [3.05, 3.63) is 64.1 Å². The van der Waals surface area contributed by atoms with E-state index in [1.165, 1.54) is 4.90 Å². The van der Waals surface area contributed by atoms with E-state index in [1.807, 2.05) is 45.0 Å². The average molecular weight is 539 g/mol. The van der Waals surface area contributed by atoms with Gasteiger partial charge in [0.05, 0.1) is 11.9 Å². The predicted molar refractivity (Wildman–Crippen MR) is 135 cm³/mol. The lowest BCUT2D eigenvalue weighted by molar-refractivity contribution is -0.139. The quantitative estimate of drug-likeness (QED) is 0.500. The zero-order valence-electron chi connectivity index (χ0n) is 19.7. The van der Waals surface area contributed by atoms with Gasteiger partial charge in [-0.05, 0) is 59.0 Å². The Labute approximate surface area is 205 Å². The third-order valence-electron chi connectivity index (χ3n) is 5.25. The molecule has 0 saturated heterocycles. The van der Waals surface area contributed by atoms with Crippen LogP contribution in [0.3, 0.4) is 0 Å². The molecule has 0 fully saturated rings. The van der Waals surface area contributed by atoms with Crippen LogP contribution in [0.2, 0.25) is 0 Å². The Bertz CT molecular complexity index is 1090. The van der Waals surface area contributed by atoms with Gasteiger partial charge < -0.3 is 10.2 Å². The maximum atomic E-state index is 13.5. The Morgan fingerprint density at radius 1 is 1.03 bits per heavy atom. The van der Waals surface area contributed by atoms with Crippen molar-refractivity contribution in [1.29, 1.82) is 0 Å². The van der Waals surface area contributed by atoms with Crippen molar-refractivity contribution >= 4 is 43.5 Å². The summed E-state index contributed by atoms with van der Waals surface area (Å²) in [6, 6.07) is 13.6. The molecule has 0 aliphatic carbocycles. The van der Waals surface area contributed by atoms with Gasteiger partial charge in [0, 0.05) is 17.6 Å². The number of amides is 2. The number of aryl methyl sites for hydroxylation is 1. The van der Waals surface area contributed by atoms with Crippen LogP contribution < -0.4 is 9.62 Å². The minimum atomic E-state index is -3.76. The Balaban J connectivity index is 2.39. The molecule has 180 valence electrons. The number of carbonyl (C=O) groups excluding carboxylic acids is 2. The summed E-state index contributed by atoms with van der Waals surface area (Å²) < 4.78 is 26.8. The molecule has 0 bridgehead atoms. The lowest BCUT2D eigenvalue weighted by atomic mass is 10.1. The molecule has 0 saturated carbocycles. The van der Waals surface area contributed by atoms with Gasteiger partial charge in [0.1, 0.15) is 12.6 Å². The zero-order chi connectivity index (χ0) is 24.8. The van der Waals surface area contributed by atoms with Crippen LogP contribution in [0.5, 0.6) is 0 Å². The van der Waals surface area contributed by atoms with Gasteiger partial charge in [-0.1, -0.05) is 50.2 Å². The highest BCUT2D eigenvalue weighted by Crippen LogP contribution is 2.28. The van der Waals surface area contributed by atoms with E-state index in [1.54, 1.807) is 31.2 Å². The molecule has 1 N–H and O–H groups in total. The molecule has 9 heteroatoms. The number of rotatable bonds is 10. The third-order valence-corrected chi connectivity index (χ3v) is 7.05. The predicted octanol–water partition coefficient (Wildman–Crippen LogP) is 3.71. The van der Waals surface area contributed by atoms with Crippen molar-refractivity contribution in [2.75, 3.05) is 23.7 Å². The van der Waals surface area contributed by atoms with E-state index in [0.717, 1.165) is 21.7 Å². The smallest absolute Gasteiger partial charge is 0.244 e. The van der Waals surface area contributed by atoms with Gasteiger partial charge in [0.15, 0.2) is 0 Å². The van der Waals surface area contributed by atoms with Gasteiger partial charge >= 0.3 is 0 Å². The van der Waals surface area contributed by atoms with E-state index in [9.17, 15) is 18.0 Å². The van der Waals surface area contributed by atoms with Crippen molar-refractivity contribution in [3.8, 4) is 0 Å². The van der Waals surface area contributed by atoms with E-state index in [-0.39, 0.29) is 18.4 Å². The molecule has 2 aromatic rings. The van der Waals surface area contributed by atoms with Crippen LogP contribution in [-0.2, 0) is 26.2 Å². The number of nitrogens with zero attached hydrogens (tertiary/aromatic N) is 2. The van der Waals surface area contributed by atoms with Gasteiger partial charge in [0.2, 0.25) is 21.8 Å². The number of nitrogens with one attached hydrogen (secondary N) is 1. The van der Waals surface area contributed by atoms with Crippen LogP contribution in [0.25, 0.3) is 0 Å². The second-order valence-electron chi connectivity index (χ2n) is 8.48. The summed E-state index contributed by atoms with van der Waals surface area (Å²) in [7, 11) is -3.76. The molecule has 2 rings (SSSR count). The van der Waals surface area contributed by atoms with Crippen molar-refractivity contribution in [2.45, 2.75) is 40.3 Å². The molecule has 1 unspecified atom stereocenters. The molecule has 7 nitrogen and oxygen atoms in total. The lowest BCUT2D eigenvalue weighted by Crippen LogP contribution is -2.51. The molecule has 2 aromatic carbocycles. The fourth-order valence-corrected chi connectivity index (χ4v) is 4.73. The fraction of sp³-hybridized carbons (Fsp3) is 0.417. The highest BCUT2D eigenvalue weighted by molar-refractivity contribution is 9.10. The summed E-state index contributed by atoms with van der Waals surface area (Å²) in [5.41, 5.74) is 2.23. The Morgan fingerprint density at radius 2 is 1.64 bits per heavy atom. The molecule has 0 heterocycles. The topological polar surface area (TPSA) is 86.8 Å². The number of para-hydroxylation sites is 1. The SMILES string of the molecule is Cc1ccccc1CN(C(=O)CN(c1ccccc1Br)S(C)(=O)=O)C(C)C(=O)NCC(C)C. The molecule has 0 aliphatic heterocycles. The van der Waals surface area contributed by atoms with E-state index in [0.29, 0.717) is 16.7 Å². The van der Waals surface area contributed by atoms with Crippen molar-refractivity contribution < 1.29 is 18.0 Å². The Kier molecular flexibility index (Phi) is 9.48. The van der Waals surface area contributed by atoms with Crippen LogP contribution in [0.4, 0.5) is 5.69 Å². The molecule has 0 radical (unpaired) electrons. The van der Waals surface area contributed by atoms with E-state index in [2.05, 4.69) is 21.2 Å². The summed E-state index contributed by atoms with van der Waals surface area (Å²) in [6.45, 7) is 7.83. The van der Waals surface area contributed by atoms with Crippen molar-refractivity contribution in [2.24, 2.45) is 5.92 Å². The summed E-state index contributed by atoms with van der Waals surface area (Å²) in [5.74, 6) is -0.484. The molecule has 0 aliphatic rings. The monoisotopic (exact) mass is 537 g/mol. The second kappa shape index (κ2) is 11.7. The first kappa shape index (κ1) is 26.9. The standard InChI is InChI=1S/C24H32BrN3O4S/c1-17(2)14-26-24(30)19(4)27(15-20-11-7-6-10-18(20)3)23(29)16-28(33(5,31)32)22-13-9-8-12-21(22)25/h6-13,17,19H,14-16H2,1-5H3,(H,26,30). The molecule has 0 spiro atoms. The van der Waals surface area contributed by atoms with Crippen LogP contribution in [0.1, 0.15) is 31.9 Å². The average Bonchev–Trinajstić information content (AvgIpc) is 2.74. The number of hydrogen-bond donors (Lipinski definition) is 1. The van der Waals surface area contributed by atoms with Crippen LogP contribution in [0.15, 0.2) is 53.0 Å². The molecule has 0 aromatic heterocycles. The van der Waals surface area contributed by atoms with Crippen molar-refractivity contribution in [1.82, 2.24) is 10.2 Å². The number of hydrogen-bond acceptors (Lipinski definition) is 4. The Morgan fingerprint density at radius 3 is 2.21 bits per heavy atom. The summed E-state index contributed by atoms with van der Waals surface area (Å²) in [6.07, 6.45) is 1.06. The summed E-state index contributed by atoms with van der Waals surface area (Å²) in [5, 5.41) is 2.87. The molecule has 1 atom stereocenters. The van der Waals surface area contributed by atoms with Crippen LogP contribution >= 0.6 is 15.9 Å². The van der Waals surface area contributed by atoms with Gasteiger partial charge in [-0.15, -0.1) is 0 Å². The highest BCUT2D eigenvalue weighted by Gasteiger charge is 2.30. The minimum absolute atomic E-state index is 0.190. The number of anilines is 1. The molecular weight excluding hydrogens is 506 g/mol. The number of benzene rings is 2. The van der Waals surface area contributed by atoms with E-state index in [4.69, 9.17) is 0 Å². The van der Waals surface area contributed by atoms with E-state index < -0.39 is 28.5 Å². The van der Waals surface area contributed by atoms with Gasteiger partial charge in [-0.25, -0.2) is 8.42 Å². The number of carbonyl (C=O) groups is 2. The Hall–Kier alpha value is -2.39. The maximum absolute atomic E-state index is 13.5. The molecular formula is C24H32BrN3O4S. The zero-order valence-corrected chi connectivity index (χ0v) is 22.1. The van der Waals surface area contributed by atoms with Crippen LogP contribution in [0, 0.1) is 12.8 Å². The molecule has 2 amide bonds. The van der Waals surface area contributed by atoms with Crippen molar-refractivity contribution in [3.63, 3.8) is 0 Å². The number of sulfonamides is 1. The number of halogens is 1. The second-order valence-corrected chi connectivity index (χ2v) is 11.2. The normalized spacial score (nSPS) is 12.3. The first-order valence-electron chi connectivity index (χ1n) is 10.8. The highest BCUT2D eigenvalue weighted by atomic mass is 79.9. The van der Waals surface area contributed by atoms with E-state index >= 15 is 0 Å². The largest absolute Gasteiger partial charge is 0.354 e. The third kappa shape index (κ3) is 7.57. The first-order valence-corrected chi connectivity index (χ1v) is 13.4. The summed E-state index contributed by atoms with van der Waals surface area (Å²) in [4.78, 5) is 27.8. The maximum Gasteiger partial charge on any atom is 0.244 e. The van der Waals surface area contributed by atoms with Crippen LogP contribution in [-0.4, -0.2) is 50.5 Å². The van der Waals surface area contributed by atoms with Gasteiger partial charge in [-0.2, -0.15) is 0 Å². The molecule has 33 heavy (non-hydrogen) atoms. The summed E-state index contributed by atoms with van der Waals surface area (Å²) >= 11 is 3.37. The lowest BCUT2D eigenvalue weighted by Gasteiger charge is -2.32.